The number of carboxylic acid groups (broad SMARTS) is 1. The van der Waals surface area contributed by atoms with Crippen LogP contribution in [0.2, 0.25) is 0 Å². The van der Waals surface area contributed by atoms with Gasteiger partial charge in [-0.15, -0.1) is 0 Å². The number of likely N-dealkylation sites (tertiary alicyclic amines) is 1. The average molecular weight is 649 g/mol. The molecule has 1 atom stereocenters. The smallest absolute Gasteiger partial charge is 0.434 e. The van der Waals surface area contributed by atoms with Crippen molar-refractivity contribution in [1.82, 2.24) is 19.7 Å². The molecule has 0 radical (unpaired) electrons. The monoisotopic (exact) mass is 648 g/mol. The number of amides is 1. The predicted molar refractivity (Wildman–Crippen MR) is 150 cm³/mol. The van der Waals surface area contributed by atoms with E-state index < -0.39 is 46.7 Å². The van der Waals surface area contributed by atoms with Gasteiger partial charge in [-0.05, 0) is 48.7 Å². The Morgan fingerprint density at radius 1 is 0.978 bits per heavy atom. The second kappa shape index (κ2) is 12.7. The summed E-state index contributed by atoms with van der Waals surface area (Å²) >= 11 is 0. The van der Waals surface area contributed by atoms with E-state index in [1.54, 1.807) is 24.0 Å². The van der Waals surface area contributed by atoms with Crippen molar-refractivity contribution < 1.29 is 50.5 Å². The van der Waals surface area contributed by atoms with E-state index in [-0.39, 0.29) is 41.2 Å². The van der Waals surface area contributed by atoms with E-state index in [2.05, 4.69) is 10.1 Å². The van der Waals surface area contributed by atoms with Crippen molar-refractivity contribution in [2.45, 2.75) is 38.2 Å². The molecule has 0 saturated carbocycles. The van der Waals surface area contributed by atoms with Crippen molar-refractivity contribution in [3.63, 3.8) is 0 Å². The van der Waals surface area contributed by atoms with Crippen LogP contribution in [0.3, 0.4) is 0 Å². The Kier molecular flexibility index (Phi) is 8.94. The van der Waals surface area contributed by atoms with Gasteiger partial charge in [0.2, 0.25) is 0 Å². The Balaban J connectivity index is 1.43. The number of benzene rings is 2. The van der Waals surface area contributed by atoms with Gasteiger partial charge in [0.1, 0.15) is 17.9 Å². The molecule has 1 amide bonds. The third kappa shape index (κ3) is 6.77. The Labute approximate surface area is 258 Å². The molecule has 46 heavy (non-hydrogen) atoms. The van der Waals surface area contributed by atoms with Gasteiger partial charge in [0, 0.05) is 24.6 Å². The molecule has 3 heterocycles. The fourth-order valence-corrected chi connectivity index (χ4v) is 5.21. The molecule has 2 aromatic carbocycles. The number of hydrogen-bond donors (Lipinski definition) is 1. The molecule has 0 bridgehead atoms. The van der Waals surface area contributed by atoms with Gasteiger partial charge in [-0.1, -0.05) is 36.4 Å². The molecule has 2 aromatic heterocycles. The molecule has 1 aliphatic heterocycles. The molecule has 1 saturated heterocycles. The SMILES string of the molecule is CCOC(=O)N1CCC(c2ccc(COc3c(-c4cccc(-n5ncc(C(=O)O)c5C(F)(F)F)n4)cccc3C(F)(F)F)cc2)C1. The van der Waals surface area contributed by atoms with Gasteiger partial charge in [0.15, 0.2) is 11.5 Å². The number of halogens is 6. The van der Waals surface area contributed by atoms with Crippen molar-refractivity contribution in [1.29, 1.82) is 0 Å². The Hall–Kier alpha value is -5.08. The summed E-state index contributed by atoms with van der Waals surface area (Å²) in [6.07, 6.45) is -9.11. The molecule has 1 aliphatic rings. The Bertz CT molecular complexity index is 1740. The largest absolute Gasteiger partial charge is 0.488 e. The summed E-state index contributed by atoms with van der Waals surface area (Å²) < 4.78 is 94.8. The molecule has 242 valence electrons. The van der Waals surface area contributed by atoms with Crippen LogP contribution < -0.4 is 4.74 Å². The van der Waals surface area contributed by atoms with Crippen LogP contribution >= 0.6 is 0 Å². The van der Waals surface area contributed by atoms with E-state index in [0.29, 0.717) is 24.8 Å². The highest BCUT2D eigenvalue weighted by Crippen LogP contribution is 2.42. The number of hydrogen-bond acceptors (Lipinski definition) is 6. The lowest BCUT2D eigenvalue weighted by Gasteiger charge is -2.19. The van der Waals surface area contributed by atoms with E-state index in [0.717, 1.165) is 30.2 Å². The van der Waals surface area contributed by atoms with Crippen molar-refractivity contribution in [2.75, 3.05) is 19.7 Å². The first-order valence-corrected chi connectivity index (χ1v) is 14.0. The third-order valence-electron chi connectivity index (χ3n) is 7.36. The standard InChI is InChI=1S/C31H26F6N4O5/c1-2-45-29(44)40-14-13-20(16-40)19-11-9-18(10-12-19)17-46-26-21(5-3-6-23(26)30(32,33)34)24-7-4-8-25(39-24)41-27(31(35,36)37)22(15-38-41)28(42)43/h3-12,15,20H,2,13-14,16-17H2,1H3,(H,42,43). The normalized spacial score (nSPS) is 15.2. The zero-order valence-corrected chi connectivity index (χ0v) is 24.1. The predicted octanol–water partition coefficient (Wildman–Crippen LogP) is 7.19. The fraction of sp³-hybridized carbons (Fsp3) is 0.290. The number of ether oxygens (including phenoxy) is 2. The van der Waals surface area contributed by atoms with Crippen LogP contribution in [-0.2, 0) is 23.7 Å². The maximum atomic E-state index is 14.1. The Morgan fingerprint density at radius 3 is 2.35 bits per heavy atom. The maximum Gasteiger partial charge on any atom is 0.434 e. The van der Waals surface area contributed by atoms with Crippen LogP contribution in [0.4, 0.5) is 31.1 Å². The van der Waals surface area contributed by atoms with Crippen molar-refractivity contribution >= 4 is 12.1 Å². The summed E-state index contributed by atoms with van der Waals surface area (Å²) in [4.78, 5) is 29.1. The lowest BCUT2D eigenvalue weighted by Crippen LogP contribution is -2.29. The molecule has 4 aromatic rings. The minimum absolute atomic E-state index is 0.0644. The number of rotatable bonds is 8. The van der Waals surface area contributed by atoms with Crippen LogP contribution in [0.15, 0.2) is 66.9 Å². The lowest BCUT2D eigenvalue weighted by atomic mass is 9.97. The number of pyridine rings is 1. The summed E-state index contributed by atoms with van der Waals surface area (Å²) in [7, 11) is 0. The van der Waals surface area contributed by atoms with E-state index in [1.807, 2.05) is 12.1 Å². The summed E-state index contributed by atoms with van der Waals surface area (Å²) in [5.74, 6) is -2.86. The second-order valence-electron chi connectivity index (χ2n) is 10.3. The number of aromatic nitrogens is 3. The lowest BCUT2D eigenvalue weighted by molar-refractivity contribution is -0.143. The van der Waals surface area contributed by atoms with Gasteiger partial charge in [-0.25, -0.2) is 19.3 Å². The van der Waals surface area contributed by atoms with Crippen LogP contribution in [0.5, 0.6) is 5.75 Å². The van der Waals surface area contributed by atoms with Gasteiger partial charge in [0.25, 0.3) is 0 Å². The van der Waals surface area contributed by atoms with Crippen LogP contribution in [0.1, 0.15) is 52.0 Å². The van der Waals surface area contributed by atoms with E-state index in [4.69, 9.17) is 9.47 Å². The van der Waals surface area contributed by atoms with Crippen LogP contribution in [0, 0.1) is 0 Å². The highest BCUT2D eigenvalue weighted by molar-refractivity contribution is 5.89. The highest BCUT2D eigenvalue weighted by Gasteiger charge is 2.41. The molecular formula is C31H26F6N4O5. The van der Waals surface area contributed by atoms with Gasteiger partial charge in [-0.3, -0.25) is 0 Å². The second-order valence-corrected chi connectivity index (χ2v) is 10.3. The van der Waals surface area contributed by atoms with E-state index in [1.165, 1.54) is 18.2 Å². The number of carbonyl (C=O) groups excluding carboxylic acids is 1. The summed E-state index contributed by atoms with van der Waals surface area (Å²) in [5, 5.41) is 12.8. The van der Waals surface area contributed by atoms with Gasteiger partial charge in [-0.2, -0.15) is 31.4 Å². The molecule has 1 unspecified atom stereocenters. The molecular weight excluding hydrogens is 622 g/mol. The quantitative estimate of drug-likeness (QED) is 0.202. The van der Waals surface area contributed by atoms with Crippen molar-refractivity contribution in [2.24, 2.45) is 0 Å². The minimum Gasteiger partial charge on any atom is -0.488 e. The first-order valence-electron chi connectivity index (χ1n) is 14.0. The zero-order chi connectivity index (χ0) is 33.2. The fourth-order valence-electron chi connectivity index (χ4n) is 5.21. The first kappa shape index (κ1) is 32.3. The molecule has 1 N–H and O–H groups in total. The Morgan fingerprint density at radius 2 is 1.70 bits per heavy atom. The zero-order valence-electron chi connectivity index (χ0n) is 24.1. The number of nitrogens with zero attached hydrogens (tertiary/aromatic N) is 4. The third-order valence-corrected chi connectivity index (χ3v) is 7.36. The first-order chi connectivity index (χ1) is 21.8. The summed E-state index contributed by atoms with van der Waals surface area (Å²) in [6, 6.07) is 13.9. The van der Waals surface area contributed by atoms with Gasteiger partial charge in [0.05, 0.1) is 24.1 Å². The number of carbonyl (C=O) groups is 2. The number of carboxylic acids is 1. The van der Waals surface area contributed by atoms with E-state index in [9.17, 15) is 41.0 Å². The molecule has 15 heteroatoms. The highest BCUT2D eigenvalue weighted by atomic mass is 19.4. The van der Waals surface area contributed by atoms with Crippen molar-refractivity contribution in [3.8, 4) is 22.8 Å². The van der Waals surface area contributed by atoms with Gasteiger partial charge < -0.3 is 19.5 Å². The van der Waals surface area contributed by atoms with Crippen LogP contribution in [-0.4, -0.2) is 56.5 Å². The molecule has 1 fully saturated rings. The number of para-hydroxylation sites is 1. The van der Waals surface area contributed by atoms with Crippen LogP contribution in [0.25, 0.3) is 17.1 Å². The average Bonchev–Trinajstić information content (AvgIpc) is 3.69. The van der Waals surface area contributed by atoms with Crippen molar-refractivity contribution in [3.05, 3.63) is 94.8 Å². The summed E-state index contributed by atoms with van der Waals surface area (Å²) in [6.45, 7) is 2.73. The summed E-state index contributed by atoms with van der Waals surface area (Å²) in [5.41, 5.74) is -2.67. The van der Waals surface area contributed by atoms with E-state index >= 15 is 0 Å². The molecule has 0 aliphatic carbocycles. The topological polar surface area (TPSA) is 107 Å². The minimum atomic E-state index is -5.13. The number of aromatic carboxylic acids is 1. The molecule has 5 rings (SSSR count). The maximum absolute atomic E-state index is 14.1. The van der Waals surface area contributed by atoms with Gasteiger partial charge >= 0.3 is 24.4 Å². The molecule has 9 nitrogen and oxygen atoms in total. The molecule has 0 spiro atoms. The number of alkyl halides is 6.